The topological polar surface area (TPSA) is 88.3 Å². The predicted octanol–water partition coefficient (Wildman–Crippen LogP) is 0.586. The van der Waals surface area contributed by atoms with Gasteiger partial charge in [0, 0.05) is 6.07 Å². The van der Waals surface area contributed by atoms with Gasteiger partial charge < -0.3 is 15.0 Å². The Morgan fingerprint density at radius 1 is 1.37 bits per heavy atom. The fraction of sp³-hybridized carbons (Fsp3) is 0.417. The molecule has 0 saturated carbocycles. The van der Waals surface area contributed by atoms with Crippen LogP contribution in [0.3, 0.4) is 0 Å². The monoisotopic (exact) mass is 270 g/mol. The Hall–Kier alpha value is -2.18. The first-order chi connectivity index (χ1) is 8.69. The lowest BCUT2D eigenvalue weighted by Gasteiger charge is -2.19. The first-order valence-electron chi connectivity index (χ1n) is 5.58. The second-order valence-electron chi connectivity index (χ2n) is 4.81. The number of ether oxygens (including phenoxy) is 1. The van der Waals surface area contributed by atoms with Crippen LogP contribution < -0.4 is 10.9 Å². The number of nitrogens with one attached hydrogen (secondary N) is 2. The van der Waals surface area contributed by atoms with E-state index in [0.29, 0.717) is 0 Å². The lowest BCUT2D eigenvalue weighted by atomic mass is 10.2. The molecular formula is C12H15FN2O4. The van der Waals surface area contributed by atoms with Crippen molar-refractivity contribution in [1.29, 1.82) is 0 Å². The minimum Gasteiger partial charge on any atom is -0.459 e. The summed E-state index contributed by atoms with van der Waals surface area (Å²) >= 11 is 0. The predicted molar refractivity (Wildman–Crippen MR) is 65.2 cm³/mol. The van der Waals surface area contributed by atoms with E-state index in [9.17, 15) is 18.8 Å². The van der Waals surface area contributed by atoms with Crippen molar-refractivity contribution in [2.24, 2.45) is 0 Å². The number of H-pyrrole nitrogens is 1. The van der Waals surface area contributed by atoms with Crippen LogP contribution in [0.15, 0.2) is 16.9 Å². The molecule has 104 valence electrons. The number of carbonyl (C=O) groups is 2. The number of carbonyl (C=O) groups excluding carboxylic acids is 2. The SMILES string of the molecule is CC(C)(C)OC(=O)CNC(=O)c1[nH]c(=O)ccc1F. The minimum atomic E-state index is -0.888. The van der Waals surface area contributed by atoms with Crippen LogP contribution in [-0.4, -0.2) is 29.0 Å². The van der Waals surface area contributed by atoms with E-state index in [4.69, 9.17) is 4.74 Å². The van der Waals surface area contributed by atoms with E-state index in [2.05, 4.69) is 10.3 Å². The van der Waals surface area contributed by atoms with Crippen molar-refractivity contribution in [2.75, 3.05) is 6.54 Å². The van der Waals surface area contributed by atoms with Crippen LogP contribution in [0.4, 0.5) is 4.39 Å². The molecule has 0 unspecified atom stereocenters. The summed E-state index contributed by atoms with van der Waals surface area (Å²) in [5, 5.41) is 2.17. The van der Waals surface area contributed by atoms with Gasteiger partial charge in [-0.3, -0.25) is 14.4 Å². The molecule has 2 N–H and O–H groups in total. The first kappa shape index (κ1) is 14.9. The maximum absolute atomic E-state index is 13.3. The van der Waals surface area contributed by atoms with Crippen molar-refractivity contribution in [3.63, 3.8) is 0 Å². The standard InChI is InChI=1S/C12H15FN2O4/c1-12(2,3)19-9(17)6-14-11(18)10-7(13)4-5-8(16)15-10/h4-5H,6H2,1-3H3,(H,14,18)(H,15,16). The van der Waals surface area contributed by atoms with E-state index < -0.39 is 41.1 Å². The van der Waals surface area contributed by atoms with Crippen molar-refractivity contribution in [3.05, 3.63) is 34.0 Å². The molecule has 0 aromatic carbocycles. The largest absolute Gasteiger partial charge is 0.459 e. The lowest BCUT2D eigenvalue weighted by Crippen LogP contribution is -2.35. The van der Waals surface area contributed by atoms with Gasteiger partial charge in [0.1, 0.15) is 17.8 Å². The van der Waals surface area contributed by atoms with Crippen LogP contribution in [0, 0.1) is 5.82 Å². The molecule has 0 aliphatic rings. The van der Waals surface area contributed by atoms with Gasteiger partial charge in [0.15, 0.2) is 5.82 Å². The zero-order valence-electron chi connectivity index (χ0n) is 10.9. The van der Waals surface area contributed by atoms with Gasteiger partial charge in [0.2, 0.25) is 5.56 Å². The maximum Gasteiger partial charge on any atom is 0.325 e. The Labute approximate surface area is 109 Å². The van der Waals surface area contributed by atoms with Gasteiger partial charge in [-0.1, -0.05) is 0 Å². The molecule has 19 heavy (non-hydrogen) atoms. The Balaban J connectivity index is 2.64. The molecule has 0 spiro atoms. The van der Waals surface area contributed by atoms with E-state index in [-0.39, 0.29) is 0 Å². The van der Waals surface area contributed by atoms with Crippen molar-refractivity contribution >= 4 is 11.9 Å². The van der Waals surface area contributed by atoms with Gasteiger partial charge >= 0.3 is 5.97 Å². The Morgan fingerprint density at radius 2 is 2.00 bits per heavy atom. The smallest absolute Gasteiger partial charge is 0.325 e. The van der Waals surface area contributed by atoms with E-state index >= 15 is 0 Å². The maximum atomic E-state index is 13.3. The molecule has 0 radical (unpaired) electrons. The average Bonchev–Trinajstić information content (AvgIpc) is 2.27. The molecule has 6 nitrogen and oxygen atoms in total. The second kappa shape index (κ2) is 5.64. The van der Waals surface area contributed by atoms with Crippen molar-refractivity contribution in [2.45, 2.75) is 26.4 Å². The molecular weight excluding hydrogens is 255 g/mol. The normalized spacial score (nSPS) is 10.9. The van der Waals surface area contributed by atoms with E-state index in [1.807, 2.05) is 0 Å². The van der Waals surface area contributed by atoms with Crippen molar-refractivity contribution in [3.8, 4) is 0 Å². The fourth-order valence-corrected chi connectivity index (χ4v) is 1.24. The Bertz CT molecular complexity index is 545. The summed E-state index contributed by atoms with van der Waals surface area (Å²) in [7, 11) is 0. The number of esters is 1. The van der Waals surface area contributed by atoms with E-state index in [1.165, 1.54) is 0 Å². The number of amides is 1. The van der Waals surface area contributed by atoms with Crippen LogP contribution in [0.25, 0.3) is 0 Å². The zero-order valence-corrected chi connectivity index (χ0v) is 10.9. The number of aromatic amines is 1. The highest BCUT2D eigenvalue weighted by Crippen LogP contribution is 2.06. The Kier molecular flexibility index (Phi) is 4.42. The van der Waals surface area contributed by atoms with Crippen LogP contribution in [0.5, 0.6) is 0 Å². The summed E-state index contributed by atoms with van der Waals surface area (Å²) in [5.74, 6) is -2.41. The molecule has 1 heterocycles. The summed E-state index contributed by atoms with van der Waals surface area (Å²) in [4.78, 5) is 35.9. The van der Waals surface area contributed by atoms with Gasteiger partial charge in [-0.2, -0.15) is 0 Å². The molecule has 0 saturated heterocycles. The number of rotatable bonds is 3. The molecule has 0 aliphatic carbocycles. The minimum absolute atomic E-state index is 0.410. The third-order valence-electron chi connectivity index (χ3n) is 1.91. The molecule has 7 heteroatoms. The van der Waals surface area contributed by atoms with Crippen molar-refractivity contribution < 1.29 is 18.7 Å². The lowest BCUT2D eigenvalue weighted by molar-refractivity contribution is -0.153. The van der Waals surface area contributed by atoms with E-state index in [1.54, 1.807) is 20.8 Å². The summed E-state index contributed by atoms with van der Waals surface area (Å²) < 4.78 is 18.2. The highest BCUT2D eigenvalue weighted by Gasteiger charge is 2.18. The molecule has 0 fully saturated rings. The summed E-state index contributed by atoms with van der Waals surface area (Å²) in [6.45, 7) is 4.63. The second-order valence-corrected chi connectivity index (χ2v) is 4.81. The third-order valence-corrected chi connectivity index (χ3v) is 1.91. The van der Waals surface area contributed by atoms with Gasteiger partial charge in [-0.25, -0.2) is 4.39 Å². The molecule has 0 atom stereocenters. The highest BCUT2D eigenvalue weighted by atomic mass is 19.1. The average molecular weight is 270 g/mol. The number of halogens is 1. The molecule has 1 amide bonds. The molecule has 1 rings (SSSR count). The number of pyridine rings is 1. The number of hydrogen-bond acceptors (Lipinski definition) is 4. The summed E-state index contributed by atoms with van der Waals surface area (Å²) in [6, 6.07) is 1.83. The quantitative estimate of drug-likeness (QED) is 0.787. The van der Waals surface area contributed by atoms with Gasteiger partial charge in [0.25, 0.3) is 5.91 Å². The van der Waals surface area contributed by atoms with Gasteiger partial charge in [-0.05, 0) is 26.8 Å². The molecule has 1 aromatic rings. The van der Waals surface area contributed by atoms with Crippen LogP contribution in [0.2, 0.25) is 0 Å². The fourth-order valence-electron chi connectivity index (χ4n) is 1.24. The highest BCUT2D eigenvalue weighted by molar-refractivity contribution is 5.94. The zero-order chi connectivity index (χ0) is 14.6. The van der Waals surface area contributed by atoms with Crippen LogP contribution in [-0.2, 0) is 9.53 Å². The summed E-state index contributed by atoms with van der Waals surface area (Å²) in [5.41, 5.74) is -1.80. The Morgan fingerprint density at radius 3 is 2.58 bits per heavy atom. The van der Waals surface area contributed by atoms with Gasteiger partial charge in [0.05, 0.1) is 0 Å². The molecule has 0 aliphatic heterocycles. The third kappa shape index (κ3) is 4.90. The molecule has 1 aromatic heterocycles. The van der Waals surface area contributed by atoms with Gasteiger partial charge in [-0.15, -0.1) is 0 Å². The first-order valence-corrected chi connectivity index (χ1v) is 5.58. The van der Waals surface area contributed by atoms with E-state index in [0.717, 1.165) is 12.1 Å². The van der Waals surface area contributed by atoms with Crippen molar-refractivity contribution in [1.82, 2.24) is 10.3 Å². The van der Waals surface area contributed by atoms with Crippen LogP contribution in [0.1, 0.15) is 31.3 Å². The number of hydrogen-bond donors (Lipinski definition) is 2. The molecule has 0 bridgehead atoms. The van der Waals surface area contributed by atoms with Crippen LogP contribution >= 0.6 is 0 Å². The number of aromatic nitrogens is 1. The summed E-state index contributed by atoms with van der Waals surface area (Å²) in [6.07, 6.45) is 0.